The predicted molar refractivity (Wildman–Crippen MR) is 99.1 cm³/mol. The summed E-state index contributed by atoms with van der Waals surface area (Å²) in [5, 5.41) is 3.48. The van der Waals surface area contributed by atoms with Crippen LogP contribution >= 0.6 is 0 Å². The second-order valence-corrected chi connectivity index (χ2v) is 7.26. The molecule has 134 valence electrons. The van der Waals surface area contributed by atoms with Crippen LogP contribution in [0.1, 0.15) is 39.5 Å². The van der Waals surface area contributed by atoms with Crippen LogP contribution in [0, 0.1) is 5.92 Å². The van der Waals surface area contributed by atoms with E-state index in [9.17, 15) is 0 Å². The summed E-state index contributed by atoms with van der Waals surface area (Å²) >= 11 is 0. The lowest BCUT2D eigenvalue weighted by molar-refractivity contribution is 0.269. The first kappa shape index (κ1) is 18.5. The number of piperidine rings is 1. The van der Waals surface area contributed by atoms with Crippen LogP contribution in [0.15, 0.2) is 4.99 Å². The molecule has 0 atom stereocenters. The first-order chi connectivity index (χ1) is 11.2. The second kappa shape index (κ2) is 10.1. The maximum Gasteiger partial charge on any atom is 0.193 e. The molecule has 2 aliphatic heterocycles. The molecule has 1 N–H and O–H groups in total. The number of aliphatic imine (C=N–C) groups is 1. The standard InChI is InChI=1S/C18H37N5/c1-4-19-18(23-13-7-17(2)8-14-23)20-9-5-11-22-12-6-10-21(3)15-16-22/h17H,4-16H2,1-3H3,(H,19,20). The maximum atomic E-state index is 4.88. The van der Waals surface area contributed by atoms with E-state index in [1.807, 2.05) is 0 Å². The van der Waals surface area contributed by atoms with E-state index in [-0.39, 0.29) is 0 Å². The van der Waals surface area contributed by atoms with Crippen LogP contribution in [-0.2, 0) is 0 Å². The zero-order chi connectivity index (χ0) is 16.5. The number of likely N-dealkylation sites (tertiary alicyclic amines) is 1. The molecule has 0 unspecified atom stereocenters. The Labute approximate surface area is 143 Å². The van der Waals surface area contributed by atoms with Crippen molar-refractivity contribution in [1.82, 2.24) is 20.0 Å². The molecule has 0 saturated carbocycles. The van der Waals surface area contributed by atoms with Crippen molar-refractivity contribution in [2.24, 2.45) is 10.9 Å². The van der Waals surface area contributed by atoms with E-state index in [1.165, 1.54) is 58.4 Å². The summed E-state index contributed by atoms with van der Waals surface area (Å²) in [4.78, 5) is 12.4. The molecule has 0 aromatic rings. The average Bonchev–Trinajstić information content (AvgIpc) is 2.76. The molecule has 0 radical (unpaired) electrons. The Morgan fingerprint density at radius 3 is 2.61 bits per heavy atom. The molecule has 2 heterocycles. The van der Waals surface area contributed by atoms with Gasteiger partial charge in [0.1, 0.15) is 0 Å². The van der Waals surface area contributed by atoms with E-state index in [0.29, 0.717) is 0 Å². The lowest BCUT2D eigenvalue weighted by Crippen LogP contribution is -2.45. The van der Waals surface area contributed by atoms with E-state index in [1.54, 1.807) is 0 Å². The maximum absolute atomic E-state index is 4.88. The van der Waals surface area contributed by atoms with Gasteiger partial charge in [-0.15, -0.1) is 0 Å². The Morgan fingerprint density at radius 1 is 1.09 bits per heavy atom. The number of nitrogens with zero attached hydrogens (tertiary/aromatic N) is 4. The third-order valence-electron chi connectivity index (χ3n) is 5.12. The SMILES string of the molecule is CCNC(=NCCCN1CCCN(C)CC1)N1CCC(C)CC1. The monoisotopic (exact) mass is 323 g/mol. The van der Waals surface area contributed by atoms with Crippen molar-refractivity contribution in [2.75, 3.05) is 66.0 Å². The highest BCUT2D eigenvalue weighted by Crippen LogP contribution is 2.15. The van der Waals surface area contributed by atoms with Crippen LogP contribution in [-0.4, -0.2) is 86.6 Å². The van der Waals surface area contributed by atoms with Gasteiger partial charge in [0, 0.05) is 39.3 Å². The lowest BCUT2D eigenvalue weighted by Gasteiger charge is -2.33. The molecule has 23 heavy (non-hydrogen) atoms. The van der Waals surface area contributed by atoms with E-state index >= 15 is 0 Å². The highest BCUT2D eigenvalue weighted by Gasteiger charge is 2.18. The van der Waals surface area contributed by atoms with Crippen LogP contribution in [0.5, 0.6) is 0 Å². The van der Waals surface area contributed by atoms with Crippen LogP contribution in [0.3, 0.4) is 0 Å². The topological polar surface area (TPSA) is 34.1 Å². The highest BCUT2D eigenvalue weighted by atomic mass is 15.3. The van der Waals surface area contributed by atoms with Gasteiger partial charge in [0.15, 0.2) is 5.96 Å². The number of guanidine groups is 1. The highest BCUT2D eigenvalue weighted by molar-refractivity contribution is 5.80. The lowest BCUT2D eigenvalue weighted by atomic mass is 10.00. The Kier molecular flexibility index (Phi) is 8.17. The Balaban J connectivity index is 1.72. The summed E-state index contributed by atoms with van der Waals surface area (Å²) in [6, 6.07) is 0. The van der Waals surface area contributed by atoms with E-state index in [2.05, 4.69) is 40.9 Å². The molecule has 0 bridgehead atoms. The fourth-order valence-electron chi connectivity index (χ4n) is 3.45. The Hall–Kier alpha value is -0.810. The summed E-state index contributed by atoms with van der Waals surface area (Å²) in [7, 11) is 2.23. The first-order valence-electron chi connectivity index (χ1n) is 9.63. The number of hydrogen-bond acceptors (Lipinski definition) is 3. The molecule has 5 nitrogen and oxygen atoms in total. The zero-order valence-corrected chi connectivity index (χ0v) is 15.6. The summed E-state index contributed by atoms with van der Waals surface area (Å²) in [6.07, 6.45) is 5.06. The molecule has 0 aromatic heterocycles. The third-order valence-corrected chi connectivity index (χ3v) is 5.12. The quantitative estimate of drug-likeness (QED) is 0.474. The predicted octanol–water partition coefficient (Wildman–Crippen LogP) is 1.71. The van der Waals surface area contributed by atoms with Crippen molar-refractivity contribution in [3.05, 3.63) is 0 Å². The second-order valence-electron chi connectivity index (χ2n) is 7.26. The van der Waals surface area contributed by atoms with Crippen molar-refractivity contribution in [2.45, 2.75) is 39.5 Å². The minimum atomic E-state index is 0.871. The molecular weight excluding hydrogens is 286 g/mol. The van der Waals surface area contributed by atoms with E-state index < -0.39 is 0 Å². The summed E-state index contributed by atoms with van der Waals surface area (Å²) in [5.41, 5.74) is 0. The molecular formula is C18H37N5. The van der Waals surface area contributed by atoms with Gasteiger partial charge < -0.3 is 20.0 Å². The number of rotatable bonds is 5. The van der Waals surface area contributed by atoms with Gasteiger partial charge in [0.25, 0.3) is 0 Å². The minimum absolute atomic E-state index is 0.871. The molecule has 0 spiro atoms. The molecule has 0 aromatic carbocycles. The molecule has 0 amide bonds. The smallest absolute Gasteiger partial charge is 0.193 e. The fraction of sp³-hybridized carbons (Fsp3) is 0.944. The summed E-state index contributed by atoms with van der Waals surface area (Å²) in [6.45, 7) is 14.8. The van der Waals surface area contributed by atoms with Gasteiger partial charge >= 0.3 is 0 Å². The van der Waals surface area contributed by atoms with Gasteiger partial charge in [0.2, 0.25) is 0 Å². The number of nitrogens with one attached hydrogen (secondary N) is 1. The van der Waals surface area contributed by atoms with Crippen LogP contribution in [0.4, 0.5) is 0 Å². The van der Waals surface area contributed by atoms with Crippen molar-refractivity contribution in [3.8, 4) is 0 Å². The summed E-state index contributed by atoms with van der Waals surface area (Å²) in [5.74, 6) is 2.00. The molecule has 5 heteroatoms. The first-order valence-corrected chi connectivity index (χ1v) is 9.63. The van der Waals surface area contributed by atoms with E-state index in [4.69, 9.17) is 4.99 Å². The Bertz CT molecular complexity index is 349. The van der Waals surface area contributed by atoms with Crippen LogP contribution < -0.4 is 5.32 Å². The van der Waals surface area contributed by atoms with Gasteiger partial charge in [-0.3, -0.25) is 4.99 Å². The van der Waals surface area contributed by atoms with Crippen molar-refractivity contribution < 1.29 is 0 Å². The molecule has 2 rings (SSSR count). The number of likely N-dealkylation sites (N-methyl/N-ethyl adjacent to an activating group) is 1. The fourth-order valence-corrected chi connectivity index (χ4v) is 3.45. The minimum Gasteiger partial charge on any atom is -0.357 e. The van der Waals surface area contributed by atoms with Gasteiger partial charge in [0.05, 0.1) is 0 Å². The van der Waals surface area contributed by atoms with Gasteiger partial charge in [-0.05, 0) is 65.2 Å². The van der Waals surface area contributed by atoms with Crippen molar-refractivity contribution >= 4 is 5.96 Å². The van der Waals surface area contributed by atoms with Crippen LogP contribution in [0.25, 0.3) is 0 Å². The normalized spacial score (nSPS) is 23.1. The number of hydrogen-bond donors (Lipinski definition) is 1. The van der Waals surface area contributed by atoms with Gasteiger partial charge in [-0.2, -0.15) is 0 Å². The van der Waals surface area contributed by atoms with Crippen molar-refractivity contribution in [3.63, 3.8) is 0 Å². The zero-order valence-electron chi connectivity index (χ0n) is 15.6. The van der Waals surface area contributed by atoms with Gasteiger partial charge in [-0.1, -0.05) is 6.92 Å². The Morgan fingerprint density at radius 2 is 1.87 bits per heavy atom. The van der Waals surface area contributed by atoms with Crippen LogP contribution in [0.2, 0.25) is 0 Å². The summed E-state index contributed by atoms with van der Waals surface area (Å²) < 4.78 is 0. The van der Waals surface area contributed by atoms with Crippen molar-refractivity contribution in [1.29, 1.82) is 0 Å². The molecule has 2 fully saturated rings. The largest absolute Gasteiger partial charge is 0.357 e. The third kappa shape index (κ3) is 6.68. The average molecular weight is 324 g/mol. The molecule has 2 saturated heterocycles. The van der Waals surface area contributed by atoms with E-state index in [0.717, 1.165) is 38.1 Å². The molecule has 0 aliphatic carbocycles. The van der Waals surface area contributed by atoms with Gasteiger partial charge in [-0.25, -0.2) is 0 Å². The molecule has 2 aliphatic rings.